The summed E-state index contributed by atoms with van der Waals surface area (Å²) in [4.78, 5) is 22.2. The van der Waals surface area contributed by atoms with Crippen molar-refractivity contribution in [1.29, 1.82) is 0 Å². The Labute approximate surface area is 204 Å². The molecule has 0 saturated carbocycles. The number of halogens is 2. The van der Waals surface area contributed by atoms with E-state index in [4.69, 9.17) is 26.1 Å². The third-order valence-electron chi connectivity index (χ3n) is 5.09. The molecule has 0 saturated heterocycles. The van der Waals surface area contributed by atoms with Gasteiger partial charge in [0.25, 0.3) is 5.91 Å². The van der Waals surface area contributed by atoms with Crippen LogP contribution in [0.2, 0.25) is 5.02 Å². The molecule has 0 unspecified atom stereocenters. The van der Waals surface area contributed by atoms with Crippen LogP contribution in [0.15, 0.2) is 36.4 Å². The summed E-state index contributed by atoms with van der Waals surface area (Å²) >= 11 is 7.81. The molecule has 0 spiro atoms. The van der Waals surface area contributed by atoms with Gasteiger partial charge in [0, 0.05) is 18.7 Å². The van der Waals surface area contributed by atoms with Crippen molar-refractivity contribution in [2.24, 2.45) is 0 Å². The van der Waals surface area contributed by atoms with Crippen LogP contribution in [-0.4, -0.2) is 55.7 Å². The maximum Gasteiger partial charge on any atom is 0.260 e. The third kappa shape index (κ3) is 5.84. The standard InChI is InChI=1S/C23H28ClN3O3S.ClH/c1-5-26(6-2)14-15-27(22(28)16-8-10-17(11-9-16)30-7-3)23-25-20-19(29-4)13-12-18(24)21(20)31-23;/h8-13H,5-7,14-15H2,1-4H3;1H. The number of thiazole rings is 1. The van der Waals surface area contributed by atoms with E-state index < -0.39 is 0 Å². The van der Waals surface area contributed by atoms with E-state index in [2.05, 4.69) is 18.7 Å². The van der Waals surface area contributed by atoms with E-state index in [1.165, 1.54) is 11.3 Å². The van der Waals surface area contributed by atoms with Crippen LogP contribution in [0.25, 0.3) is 10.2 Å². The summed E-state index contributed by atoms with van der Waals surface area (Å²) in [6, 6.07) is 10.8. The van der Waals surface area contributed by atoms with Crippen molar-refractivity contribution in [3.05, 3.63) is 47.0 Å². The van der Waals surface area contributed by atoms with Crippen molar-refractivity contribution in [3.63, 3.8) is 0 Å². The second kappa shape index (κ2) is 12.3. The number of hydrogen-bond donors (Lipinski definition) is 0. The summed E-state index contributed by atoms with van der Waals surface area (Å²) in [6.45, 7) is 9.85. The van der Waals surface area contributed by atoms with Gasteiger partial charge in [-0.3, -0.25) is 9.69 Å². The first-order valence-corrected chi connectivity index (χ1v) is 11.6. The fraction of sp³-hybridized carbons (Fsp3) is 0.391. The topological polar surface area (TPSA) is 54.9 Å². The van der Waals surface area contributed by atoms with Gasteiger partial charge in [-0.15, -0.1) is 12.4 Å². The molecule has 1 heterocycles. The van der Waals surface area contributed by atoms with Gasteiger partial charge in [0.15, 0.2) is 5.13 Å². The minimum atomic E-state index is -0.107. The molecule has 32 heavy (non-hydrogen) atoms. The number of amides is 1. The quantitative estimate of drug-likeness (QED) is 0.355. The van der Waals surface area contributed by atoms with Crippen LogP contribution in [-0.2, 0) is 0 Å². The molecule has 174 valence electrons. The molecule has 0 aliphatic carbocycles. The molecule has 0 N–H and O–H groups in total. The molecule has 0 radical (unpaired) electrons. The average Bonchev–Trinajstić information content (AvgIpc) is 3.23. The predicted octanol–water partition coefficient (Wildman–Crippen LogP) is 5.77. The summed E-state index contributed by atoms with van der Waals surface area (Å²) in [5.74, 6) is 1.27. The Balaban J connectivity index is 0.00000363. The number of rotatable bonds is 10. The van der Waals surface area contributed by atoms with Crippen molar-refractivity contribution >= 4 is 56.6 Å². The maximum atomic E-state index is 13.5. The van der Waals surface area contributed by atoms with Crippen LogP contribution in [0.1, 0.15) is 31.1 Å². The lowest BCUT2D eigenvalue weighted by Crippen LogP contribution is -2.38. The number of likely N-dealkylation sites (N-methyl/N-ethyl adjacent to an activating group) is 1. The number of nitrogens with zero attached hydrogens (tertiary/aromatic N) is 3. The lowest BCUT2D eigenvalue weighted by atomic mass is 10.2. The molecule has 0 aliphatic heterocycles. The highest BCUT2D eigenvalue weighted by Crippen LogP contribution is 2.39. The second-order valence-electron chi connectivity index (χ2n) is 6.86. The normalized spacial score (nSPS) is 10.8. The van der Waals surface area contributed by atoms with E-state index >= 15 is 0 Å². The van der Waals surface area contributed by atoms with Crippen LogP contribution >= 0.6 is 35.3 Å². The summed E-state index contributed by atoms with van der Waals surface area (Å²) in [5, 5.41) is 1.20. The first kappa shape index (κ1) is 26.2. The van der Waals surface area contributed by atoms with Crippen molar-refractivity contribution in [1.82, 2.24) is 9.88 Å². The van der Waals surface area contributed by atoms with Gasteiger partial charge in [0.2, 0.25) is 0 Å². The Bertz CT molecular complexity index is 1020. The number of ether oxygens (including phenoxy) is 2. The molecule has 0 atom stereocenters. The van der Waals surface area contributed by atoms with E-state index in [-0.39, 0.29) is 18.3 Å². The molecule has 3 rings (SSSR count). The molecule has 0 fully saturated rings. The first-order valence-electron chi connectivity index (χ1n) is 10.4. The van der Waals surface area contributed by atoms with Gasteiger partial charge in [0.1, 0.15) is 17.0 Å². The molecular weight excluding hydrogens is 469 g/mol. The molecule has 9 heteroatoms. The lowest BCUT2D eigenvalue weighted by molar-refractivity contribution is 0.0983. The number of anilines is 1. The minimum Gasteiger partial charge on any atom is -0.494 e. The Kier molecular flexibility index (Phi) is 10.0. The van der Waals surface area contributed by atoms with Gasteiger partial charge < -0.3 is 14.4 Å². The van der Waals surface area contributed by atoms with Gasteiger partial charge in [-0.05, 0) is 56.4 Å². The Hall–Kier alpha value is -2.06. The summed E-state index contributed by atoms with van der Waals surface area (Å²) in [7, 11) is 1.60. The fourth-order valence-electron chi connectivity index (χ4n) is 3.30. The molecule has 3 aromatic rings. The highest BCUT2D eigenvalue weighted by molar-refractivity contribution is 7.23. The third-order valence-corrected chi connectivity index (χ3v) is 6.63. The largest absolute Gasteiger partial charge is 0.494 e. The van der Waals surface area contributed by atoms with Crippen LogP contribution in [0.3, 0.4) is 0 Å². The van der Waals surface area contributed by atoms with Crippen LogP contribution < -0.4 is 14.4 Å². The Morgan fingerprint density at radius 3 is 2.34 bits per heavy atom. The van der Waals surface area contributed by atoms with Crippen molar-refractivity contribution in [3.8, 4) is 11.5 Å². The summed E-state index contributed by atoms with van der Waals surface area (Å²) in [5.41, 5.74) is 1.25. The fourth-order valence-corrected chi connectivity index (χ4v) is 4.58. The first-order chi connectivity index (χ1) is 15.0. The van der Waals surface area contributed by atoms with Gasteiger partial charge in [-0.25, -0.2) is 4.98 Å². The van der Waals surface area contributed by atoms with Gasteiger partial charge >= 0.3 is 0 Å². The predicted molar refractivity (Wildman–Crippen MR) is 136 cm³/mol. The number of benzene rings is 2. The molecule has 0 aliphatic rings. The number of fused-ring (bicyclic) bond motifs is 1. The molecule has 0 bridgehead atoms. The van der Waals surface area contributed by atoms with Gasteiger partial charge in [-0.1, -0.05) is 36.8 Å². The zero-order chi connectivity index (χ0) is 22.4. The number of aromatic nitrogens is 1. The molecule has 2 aromatic carbocycles. The van der Waals surface area contributed by atoms with Crippen LogP contribution in [0.4, 0.5) is 5.13 Å². The van der Waals surface area contributed by atoms with Crippen molar-refractivity contribution in [2.45, 2.75) is 20.8 Å². The van der Waals surface area contributed by atoms with E-state index in [1.54, 1.807) is 36.3 Å². The number of methoxy groups -OCH3 is 1. The number of carbonyl (C=O) groups is 1. The summed E-state index contributed by atoms with van der Waals surface area (Å²) < 4.78 is 11.8. The maximum absolute atomic E-state index is 13.5. The van der Waals surface area contributed by atoms with Crippen molar-refractivity contribution < 1.29 is 14.3 Å². The van der Waals surface area contributed by atoms with Gasteiger partial charge in [-0.2, -0.15) is 0 Å². The number of hydrogen-bond acceptors (Lipinski definition) is 6. The van der Waals surface area contributed by atoms with Gasteiger partial charge in [0.05, 0.1) is 23.4 Å². The van der Waals surface area contributed by atoms with Crippen LogP contribution in [0.5, 0.6) is 11.5 Å². The van der Waals surface area contributed by atoms with E-state index in [1.807, 2.05) is 19.1 Å². The average molecular weight is 498 g/mol. The SMILES string of the molecule is CCOc1ccc(C(=O)N(CCN(CC)CC)c2nc3c(OC)ccc(Cl)c3s2)cc1.Cl. The highest BCUT2D eigenvalue weighted by atomic mass is 35.5. The van der Waals surface area contributed by atoms with E-state index in [9.17, 15) is 4.79 Å². The highest BCUT2D eigenvalue weighted by Gasteiger charge is 2.23. The van der Waals surface area contributed by atoms with Crippen LogP contribution in [0, 0.1) is 0 Å². The second-order valence-corrected chi connectivity index (χ2v) is 8.25. The molecule has 6 nitrogen and oxygen atoms in total. The smallest absolute Gasteiger partial charge is 0.260 e. The number of carbonyl (C=O) groups excluding carboxylic acids is 1. The summed E-state index contributed by atoms with van der Waals surface area (Å²) in [6.07, 6.45) is 0. The zero-order valence-electron chi connectivity index (χ0n) is 18.8. The monoisotopic (exact) mass is 497 g/mol. The lowest BCUT2D eigenvalue weighted by Gasteiger charge is -2.24. The molecular formula is C23H29Cl2N3O3S. The van der Waals surface area contributed by atoms with E-state index in [0.717, 1.165) is 30.1 Å². The Morgan fingerprint density at radius 2 is 1.75 bits per heavy atom. The minimum absolute atomic E-state index is 0. The molecule has 1 amide bonds. The zero-order valence-corrected chi connectivity index (χ0v) is 21.1. The van der Waals surface area contributed by atoms with E-state index in [0.29, 0.717) is 40.1 Å². The van der Waals surface area contributed by atoms with Crippen molar-refractivity contribution in [2.75, 3.05) is 44.8 Å². The Morgan fingerprint density at radius 1 is 1.06 bits per heavy atom. The molecule has 1 aromatic heterocycles.